The minimum Gasteiger partial charge on any atom is -0.304 e. The zero-order valence-corrected chi connectivity index (χ0v) is 12.2. The monoisotopic (exact) mass is 263 g/mol. The molecule has 0 spiro atoms. The number of hydrogen-bond donors (Lipinski definition) is 1. The number of nitrogens with one attached hydrogen (secondary N) is 1. The summed E-state index contributed by atoms with van der Waals surface area (Å²) in [6.45, 7) is 9.70. The summed E-state index contributed by atoms with van der Waals surface area (Å²) in [5.74, 6) is 0.197. The molecule has 1 saturated heterocycles. The molecule has 0 aromatic rings. The number of sulfone groups is 1. The van der Waals surface area contributed by atoms with Crippen molar-refractivity contribution in [2.75, 3.05) is 45.5 Å². The molecule has 0 aromatic heterocycles. The molecule has 0 atom stereocenters. The van der Waals surface area contributed by atoms with Crippen LogP contribution < -0.4 is 5.43 Å². The summed E-state index contributed by atoms with van der Waals surface area (Å²) in [4.78, 5) is 2.27. The van der Waals surface area contributed by atoms with Crippen molar-refractivity contribution in [1.82, 2.24) is 15.3 Å². The van der Waals surface area contributed by atoms with Crippen LogP contribution in [0.1, 0.15) is 20.8 Å². The predicted molar refractivity (Wildman–Crippen MR) is 70.6 cm³/mol. The van der Waals surface area contributed by atoms with Crippen LogP contribution in [0.25, 0.3) is 0 Å². The van der Waals surface area contributed by atoms with Crippen molar-refractivity contribution >= 4 is 9.84 Å². The lowest BCUT2D eigenvalue weighted by Crippen LogP contribution is -2.52. The smallest absolute Gasteiger partial charge is 0.156 e. The third-order valence-electron chi connectivity index (χ3n) is 3.14. The van der Waals surface area contributed by atoms with E-state index in [1.165, 1.54) is 0 Å². The van der Waals surface area contributed by atoms with Gasteiger partial charge < -0.3 is 4.90 Å². The average Bonchev–Trinajstić information content (AvgIpc) is 2.19. The second-order valence-electron chi connectivity index (χ2n) is 5.63. The van der Waals surface area contributed by atoms with Gasteiger partial charge in [0, 0.05) is 32.7 Å². The van der Waals surface area contributed by atoms with E-state index in [0.29, 0.717) is 6.54 Å². The second-order valence-corrected chi connectivity index (χ2v) is 8.49. The lowest BCUT2D eigenvalue weighted by atomic mass is 10.3. The van der Waals surface area contributed by atoms with Crippen LogP contribution >= 0.6 is 0 Å². The molecule has 6 heteroatoms. The molecule has 5 nitrogen and oxygen atoms in total. The molecule has 102 valence electrons. The van der Waals surface area contributed by atoms with E-state index >= 15 is 0 Å². The van der Waals surface area contributed by atoms with Crippen LogP contribution in [-0.4, -0.2) is 68.6 Å². The largest absolute Gasteiger partial charge is 0.304 e. The van der Waals surface area contributed by atoms with Gasteiger partial charge in [-0.2, -0.15) is 0 Å². The van der Waals surface area contributed by atoms with Crippen LogP contribution in [0.3, 0.4) is 0 Å². The molecule has 17 heavy (non-hydrogen) atoms. The van der Waals surface area contributed by atoms with Crippen molar-refractivity contribution in [3.05, 3.63) is 0 Å². The van der Waals surface area contributed by atoms with E-state index in [-0.39, 0.29) is 5.75 Å². The van der Waals surface area contributed by atoms with Gasteiger partial charge >= 0.3 is 0 Å². The highest BCUT2D eigenvalue weighted by Crippen LogP contribution is 2.15. The van der Waals surface area contributed by atoms with Crippen molar-refractivity contribution in [3.8, 4) is 0 Å². The zero-order valence-electron chi connectivity index (χ0n) is 11.4. The van der Waals surface area contributed by atoms with Gasteiger partial charge in [0.2, 0.25) is 0 Å². The van der Waals surface area contributed by atoms with Gasteiger partial charge in [0.1, 0.15) is 0 Å². The topological polar surface area (TPSA) is 52.6 Å². The highest BCUT2D eigenvalue weighted by molar-refractivity contribution is 7.92. The maximum Gasteiger partial charge on any atom is 0.156 e. The Bertz CT molecular complexity index is 327. The lowest BCUT2D eigenvalue weighted by Gasteiger charge is -2.32. The fourth-order valence-corrected chi connectivity index (χ4v) is 2.58. The van der Waals surface area contributed by atoms with Crippen molar-refractivity contribution in [2.24, 2.45) is 0 Å². The minimum atomic E-state index is -3.01. The summed E-state index contributed by atoms with van der Waals surface area (Å²) in [6.07, 6.45) is 0. The van der Waals surface area contributed by atoms with E-state index in [9.17, 15) is 8.42 Å². The molecular weight excluding hydrogens is 238 g/mol. The molecule has 0 amide bonds. The van der Waals surface area contributed by atoms with Crippen molar-refractivity contribution in [3.63, 3.8) is 0 Å². The highest BCUT2D eigenvalue weighted by Gasteiger charge is 2.28. The first-order chi connectivity index (χ1) is 7.72. The molecule has 1 fully saturated rings. The Morgan fingerprint density at radius 1 is 1.12 bits per heavy atom. The van der Waals surface area contributed by atoms with Crippen molar-refractivity contribution < 1.29 is 8.42 Å². The number of hydrazine groups is 1. The van der Waals surface area contributed by atoms with Gasteiger partial charge in [-0.25, -0.2) is 13.4 Å². The summed E-state index contributed by atoms with van der Waals surface area (Å²) < 4.78 is 23.1. The third kappa shape index (κ3) is 4.54. The van der Waals surface area contributed by atoms with Crippen LogP contribution in [0, 0.1) is 0 Å². The first-order valence-electron chi connectivity index (χ1n) is 6.12. The number of piperazine rings is 1. The molecule has 0 aromatic carbocycles. The molecule has 1 aliphatic heterocycles. The van der Waals surface area contributed by atoms with Crippen LogP contribution in [-0.2, 0) is 9.84 Å². The number of nitrogens with zero attached hydrogens (tertiary/aromatic N) is 2. The van der Waals surface area contributed by atoms with Gasteiger partial charge in [-0.15, -0.1) is 0 Å². The third-order valence-corrected chi connectivity index (χ3v) is 5.75. The summed E-state index contributed by atoms with van der Waals surface area (Å²) in [6, 6.07) is 0. The molecule has 0 aliphatic carbocycles. The van der Waals surface area contributed by atoms with E-state index in [0.717, 1.165) is 26.2 Å². The normalized spacial score (nSPS) is 20.7. The van der Waals surface area contributed by atoms with E-state index in [2.05, 4.69) is 22.4 Å². The molecule has 1 aliphatic rings. The first-order valence-corrected chi connectivity index (χ1v) is 7.77. The number of likely N-dealkylation sites (N-methyl/N-ethyl adjacent to an activating group) is 1. The Morgan fingerprint density at radius 3 is 2.12 bits per heavy atom. The minimum absolute atomic E-state index is 0.197. The molecule has 0 bridgehead atoms. The van der Waals surface area contributed by atoms with Crippen molar-refractivity contribution in [1.29, 1.82) is 0 Å². The Morgan fingerprint density at radius 2 is 1.65 bits per heavy atom. The zero-order chi connectivity index (χ0) is 13.1. The predicted octanol–water partition coefficient (Wildman–Crippen LogP) is -0.0483. The molecule has 1 N–H and O–H groups in total. The fourth-order valence-electron chi connectivity index (χ4n) is 1.61. The van der Waals surface area contributed by atoms with Gasteiger partial charge in [-0.1, -0.05) is 0 Å². The Labute approximate surface area is 105 Å². The van der Waals surface area contributed by atoms with Gasteiger partial charge in [0.15, 0.2) is 9.84 Å². The summed E-state index contributed by atoms with van der Waals surface area (Å²) in [5.41, 5.74) is 3.20. The maximum absolute atomic E-state index is 11.9. The first kappa shape index (κ1) is 14.9. The fraction of sp³-hybridized carbons (Fsp3) is 1.00. The van der Waals surface area contributed by atoms with Gasteiger partial charge in [0.25, 0.3) is 0 Å². The molecule has 0 saturated carbocycles. The number of hydrogen-bond acceptors (Lipinski definition) is 5. The lowest BCUT2D eigenvalue weighted by molar-refractivity contribution is 0.107. The van der Waals surface area contributed by atoms with Crippen LogP contribution in [0.2, 0.25) is 0 Å². The van der Waals surface area contributed by atoms with E-state index < -0.39 is 14.6 Å². The Hall–Kier alpha value is -0.170. The van der Waals surface area contributed by atoms with Gasteiger partial charge in [0.05, 0.1) is 10.5 Å². The second kappa shape index (κ2) is 5.65. The maximum atomic E-state index is 11.9. The average molecular weight is 263 g/mol. The molecular formula is C11H25N3O2S. The van der Waals surface area contributed by atoms with E-state index in [1.54, 1.807) is 20.8 Å². The van der Waals surface area contributed by atoms with Crippen LogP contribution in [0.4, 0.5) is 0 Å². The SMILES string of the molecule is CN1CCN(NCCS(=O)(=O)C(C)(C)C)CC1. The number of rotatable bonds is 4. The van der Waals surface area contributed by atoms with Crippen molar-refractivity contribution in [2.45, 2.75) is 25.5 Å². The van der Waals surface area contributed by atoms with Gasteiger partial charge in [-0.05, 0) is 27.8 Å². The molecule has 1 rings (SSSR count). The van der Waals surface area contributed by atoms with Crippen LogP contribution in [0.5, 0.6) is 0 Å². The summed E-state index contributed by atoms with van der Waals surface area (Å²) in [7, 11) is -0.910. The van der Waals surface area contributed by atoms with E-state index in [1.807, 2.05) is 0 Å². The molecule has 0 unspecified atom stereocenters. The Kier molecular flexibility index (Phi) is 4.95. The summed E-state index contributed by atoms with van der Waals surface area (Å²) >= 11 is 0. The highest BCUT2D eigenvalue weighted by atomic mass is 32.2. The molecule has 1 heterocycles. The van der Waals surface area contributed by atoms with Crippen LogP contribution in [0.15, 0.2) is 0 Å². The van der Waals surface area contributed by atoms with Gasteiger partial charge in [-0.3, -0.25) is 5.43 Å². The molecule has 0 radical (unpaired) electrons. The standard InChI is InChI=1S/C11H25N3O2S/c1-11(2,3)17(15,16)10-5-12-14-8-6-13(4)7-9-14/h12H,5-10H2,1-4H3. The van der Waals surface area contributed by atoms with E-state index in [4.69, 9.17) is 0 Å². The quantitative estimate of drug-likeness (QED) is 0.771. The Balaban J connectivity index is 2.29. The summed E-state index contributed by atoms with van der Waals surface area (Å²) in [5, 5.41) is 2.11.